The highest BCUT2D eigenvalue weighted by Gasteiger charge is 2.36. The molecule has 0 radical (unpaired) electrons. The average Bonchev–Trinajstić information content (AvgIpc) is 2.96. The van der Waals surface area contributed by atoms with Crippen LogP contribution in [-0.4, -0.2) is 34.2 Å². The van der Waals surface area contributed by atoms with Gasteiger partial charge in [-0.15, -0.1) is 0 Å². The van der Waals surface area contributed by atoms with E-state index in [1.807, 2.05) is 104 Å². The lowest BCUT2D eigenvalue weighted by molar-refractivity contribution is -0.147. The van der Waals surface area contributed by atoms with Crippen molar-refractivity contribution in [3.05, 3.63) is 118 Å². The predicted molar refractivity (Wildman–Crippen MR) is 155 cm³/mol. The second kappa shape index (κ2) is 13.1. The molecule has 38 heavy (non-hydrogen) atoms. The van der Waals surface area contributed by atoms with E-state index in [4.69, 9.17) is 23.2 Å². The van der Waals surface area contributed by atoms with Crippen molar-refractivity contribution in [2.24, 2.45) is 5.92 Å². The lowest BCUT2D eigenvalue weighted by Crippen LogP contribution is -2.52. The summed E-state index contributed by atoms with van der Waals surface area (Å²) in [6.45, 7) is 4.86. The highest BCUT2D eigenvalue weighted by atomic mass is 35.5. The summed E-state index contributed by atoms with van der Waals surface area (Å²) in [6.07, 6.45) is 5.58. The number of benzene rings is 3. The molecule has 1 heterocycles. The molecule has 198 valence electrons. The molecule has 0 N–H and O–H groups in total. The van der Waals surface area contributed by atoms with E-state index in [2.05, 4.69) is 6.08 Å². The Morgan fingerprint density at radius 3 is 2.13 bits per heavy atom. The van der Waals surface area contributed by atoms with Crippen LogP contribution in [0, 0.1) is 5.92 Å². The Morgan fingerprint density at radius 2 is 1.50 bits per heavy atom. The second-order valence-corrected chi connectivity index (χ2v) is 11.1. The summed E-state index contributed by atoms with van der Waals surface area (Å²) < 4.78 is 0. The molecule has 1 aliphatic rings. The van der Waals surface area contributed by atoms with Crippen LogP contribution in [0.3, 0.4) is 0 Å². The van der Waals surface area contributed by atoms with Gasteiger partial charge < -0.3 is 9.80 Å². The molecule has 4 nitrogen and oxygen atoms in total. The van der Waals surface area contributed by atoms with Gasteiger partial charge in [0.15, 0.2) is 0 Å². The number of carbonyl (C=O) groups is 2. The van der Waals surface area contributed by atoms with Crippen molar-refractivity contribution < 1.29 is 9.59 Å². The lowest BCUT2D eigenvalue weighted by Gasteiger charge is -2.38. The van der Waals surface area contributed by atoms with Gasteiger partial charge in [0.2, 0.25) is 11.8 Å². The van der Waals surface area contributed by atoms with Crippen LogP contribution in [0.5, 0.6) is 0 Å². The molecule has 3 aromatic rings. The van der Waals surface area contributed by atoms with Crippen LogP contribution in [0.15, 0.2) is 91.0 Å². The predicted octanol–water partition coefficient (Wildman–Crippen LogP) is 7.51. The molecule has 2 atom stereocenters. The van der Waals surface area contributed by atoms with Crippen LogP contribution in [0.2, 0.25) is 10.0 Å². The van der Waals surface area contributed by atoms with Gasteiger partial charge >= 0.3 is 0 Å². The molecule has 0 unspecified atom stereocenters. The van der Waals surface area contributed by atoms with Gasteiger partial charge in [-0.25, -0.2) is 0 Å². The largest absolute Gasteiger partial charge is 0.329 e. The van der Waals surface area contributed by atoms with Gasteiger partial charge in [0, 0.05) is 36.0 Å². The van der Waals surface area contributed by atoms with Crippen molar-refractivity contribution in [3.63, 3.8) is 0 Å². The minimum Gasteiger partial charge on any atom is -0.329 e. The van der Waals surface area contributed by atoms with Gasteiger partial charge in [0.05, 0.1) is 6.04 Å². The molecule has 6 heteroatoms. The molecule has 0 aromatic heterocycles. The van der Waals surface area contributed by atoms with Gasteiger partial charge in [0.25, 0.3) is 0 Å². The molecule has 2 amide bonds. The van der Waals surface area contributed by atoms with Gasteiger partial charge in [-0.05, 0) is 53.3 Å². The van der Waals surface area contributed by atoms with Crippen molar-refractivity contribution in [2.75, 3.05) is 6.54 Å². The first-order valence-corrected chi connectivity index (χ1v) is 13.9. The van der Waals surface area contributed by atoms with Crippen LogP contribution in [0.1, 0.15) is 49.4 Å². The third-order valence-corrected chi connectivity index (χ3v) is 7.35. The first-order valence-electron chi connectivity index (χ1n) is 13.1. The van der Waals surface area contributed by atoms with Crippen molar-refractivity contribution >= 4 is 35.0 Å². The summed E-state index contributed by atoms with van der Waals surface area (Å²) in [4.78, 5) is 31.8. The van der Waals surface area contributed by atoms with E-state index >= 15 is 0 Å². The molecule has 3 aromatic carbocycles. The number of carbonyl (C=O) groups excluding carboxylic acids is 2. The summed E-state index contributed by atoms with van der Waals surface area (Å²) in [5, 5.41) is 1.30. The first kappa shape index (κ1) is 27.9. The molecular formula is C32H34Cl2N2O2. The van der Waals surface area contributed by atoms with Crippen LogP contribution >= 0.6 is 23.2 Å². The summed E-state index contributed by atoms with van der Waals surface area (Å²) in [6, 6.07) is 24.3. The molecular weight excluding hydrogens is 515 g/mol. The third kappa shape index (κ3) is 7.27. The highest BCUT2D eigenvalue weighted by Crippen LogP contribution is 2.31. The SMILES string of the molecule is CC(C)CC(=O)N1C/C=C\C[C@@H](c2ccc(Cl)cc2)N(Cc2ccc(Cl)cc2)C(=O)[C@@H]1Cc1ccccc1. The fourth-order valence-corrected chi connectivity index (χ4v) is 5.15. The monoisotopic (exact) mass is 548 g/mol. The number of rotatable bonds is 7. The minimum absolute atomic E-state index is 0.00434. The van der Waals surface area contributed by atoms with Crippen molar-refractivity contribution in [3.8, 4) is 0 Å². The maximum Gasteiger partial charge on any atom is 0.246 e. The van der Waals surface area contributed by atoms with E-state index in [0.717, 1.165) is 16.7 Å². The van der Waals surface area contributed by atoms with E-state index in [9.17, 15) is 9.59 Å². The van der Waals surface area contributed by atoms with E-state index in [0.29, 0.717) is 42.4 Å². The van der Waals surface area contributed by atoms with Crippen LogP contribution < -0.4 is 0 Å². The lowest BCUT2D eigenvalue weighted by atomic mass is 9.97. The Balaban J connectivity index is 1.79. The molecule has 0 spiro atoms. The summed E-state index contributed by atoms with van der Waals surface area (Å²) in [5.74, 6) is 0.124. The minimum atomic E-state index is -0.631. The zero-order chi connectivity index (χ0) is 27.1. The second-order valence-electron chi connectivity index (χ2n) is 10.2. The van der Waals surface area contributed by atoms with E-state index in [1.165, 1.54) is 0 Å². The van der Waals surface area contributed by atoms with E-state index in [-0.39, 0.29) is 23.8 Å². The van der Waals surface area contributed by atoms with Crippen LogP contribution in [0.4, 0.5) is 0 Å². The number of nitrogens with zero attached hydrogens (tertiary/aromatic N) is 2. The quantitative estimate of drug-likeness (QED) is 0.286. The molecule has 0 saturated carbocycles. The summed E-state index contributed by atoms with van der Waals surface area (Å²) in [5.41, 5.74) is 3.00. The number of hydrogen-bond acceptors (Lipinski definition) is 2. The zero-order valence-electron chi connectivity index (χ0n) is 21.9. The van der Waals surface area contributed by atoms with E-state index < -0.39 is 6.04 Å². The molecule has 1 aliphatic heterocycles. The van der Waals surface area contributed by atoms with E-state index in [1.54, 1.807) is 4.90 Å². The van der Waals surface area contributed by atoms with Gasteiger partial charge in [-0.2, -0.15) is 0 Å². The van der Waals surface area contributed by atoms with Crippen molar-refractivity contribution in [1.29, 1.82) is 0 Å². The van der Waals surface area contributed by atoms with Crippen molar-refractivity contribution in [1.82, 2.24) is 9.80 Å². The Kier molecular flexibility index (Phi) is 9.65. The molecule has 0 saturated heterocycles. The number of halogens is 2. The number of amides is 2. The normalized spacial score (nSPS) is 19.1. The first-order chi connectivity index (χ1) is 18.3. The standard InChI is InChI=1S/C32H34Cl2N2O2/c1-23(2)20-31(37)35-19-7-6-10-29(26-13-17-28(34)18-14-26)36(22-25-11-15-27(33)16-12-25)32(38)30(35)21-24-8-4-3-5-9-24/h3-9,11-18,23,29-30H,10,19-22H2,1-2H3/b7-6-/t29-,30-/m0/s1. The smallest absolute Gasteiger partial charge is 0.246 e. The Labute approximate surface area is 235 Å². The highest BCUT2D eigenvalue weighted by molar-refractivity contribution is 6.30. The van der Waals surface area contributed by atoms with Crippen LogP contribution in [-0.2, 0) is 22.6 Å². The Bertz CT molecular complexity index is 1240. The molecule has 4 rings (SSSR count). The van der Waals surface area contributed by atoms with Crippen LogP contribution in [0.25, 0.3) is 0 Å². The molecule has 0 fully saturated rings. The molecule has 0 aliphatic carbocycles. The Morgan fingerprint density at radius 1 is 0.868 bits per heavy atom. The summed E-state index contributed by atoms with van der Waals surface area (Å²) in [7, 11) is 0. The van der Waals surface area contributed by atoms with Gasteiger partial charge in [0.1, 0.15) is 6.04 Å². The van der Waals surface area contributed by atoms with Crippen molar-refractivity contribution in [2.45, 2.75) is 51.7 Å². The van der Waals surface area contributed by atoms with Gasteiger partial charge in [-0.1, -0.05) is 104 Å². The Hall–Kier alpha value is -3.08. The van der Waals surface area contributed by atoms with Gasteiger partial charge in [-0.3, -0.25) is 9.59 Å². The fraction of sp³-hybridized carbons (Fsp3) is 0.312. The molecule has 0 bridgehead atoms. The maximum atomic E-state index is 14.6. The fourth-order valence-electron chi connectivity index (χ4n) is 4.90. The maximum absolute atomic E-state index is 14.6. The number of hydrogen-bond donors (Lipinski definition) is 0. The topological polar surface area (TPSA) is 40.6 Å². The summed E-state index contributed by atoms with van der Waals surface area (Å²) >= 11 is 12.4. The third-order valence-electron chi connectivity index (χ3n) is 6.84. The average molecular weight is 550 g/mol. The zero-order valence-corrected chi connectivity index (χ0v) is 23.4.